The fourth-order valence-corrected chi connectivity index (χ4v) is 3.73. The third-order valence-corrected chi connectivity index (χ3v) is 5.22. The lowest BCUT2D eigenvalue weighted by molar-refractivity contribution is 0.142. The molecule has 0 radical (unpaired) electrons. The summed E-state index contributed by atoms with van der Waals surface area (Å²) < 4.78 is 13.2. The maximum atomic E-state index is 13.2. The molecule has 146 valence electrons. The van der Waals surface area contributed by atoms with Gasteiger partial charge in [0.25, 0.3) is 0 Å². The van der Waals surface area contributed by atoms with Crippen LogP contribution in [0.4, 0.5) is 25.4 Å². The van der Waals surface area contributed by atoms with Gasteiger partial charge in [-0.05, 0) is 29.8 Å². The first-order valence-corrected chi connectivity index (χ1v) is 9.17. The van der Waals surface area contributed by atoms with Gasteiger partial charge in [0, 0.05) is 44.0 Å². The fraction of sp³-hybridized carbons (Fsp3) is 0.300. The van der Waals surface area contributed by atoms with Crippen LogP contribution in [0.15, 0.2) is 42.5 Å². The first-order valence-electron chi connectivity index (χ1n) is 9.17. The summed E-state index contributed by atoms with van der Waals surface area (Å²) in [7, 11) is 0. The third kappa shape index (κ3) is 3.45. The largest absolute Gasteiger partial charge is 0.465 e. The zero-order valence-corrected chi connectivity index (χ0v) is 15.3. The number of anilines is 2. The van der Waals surface area contributed by atoms with Gasteiger partial charge >= 0.3 is 12.1 Å². The number of amides is 3. The van der Waals surface area contributed by atoms with Crippen LogP contribution < -0.4 is 15.1 Å². The zero-order valence-electron chi connectivity index (χ0n) is 15.3. The van der Waals surface area contributed by atoms with Crippen LogP contribution in [0, 0.1) is 5.82 Å². The highest BCUT2D eigenvalue weighted by Crippen LogP contribution is 2.34. The summed E-state index contributed by atoms with van der Waals surface area (Å²) in [6, 6.07) is 11.8. The van der Waals surface area contributed by atoms with Crippen molar-refractivity contribution in [2.45, 2.75) is 13.1 Å². The number of fused-ring (bicyclic) bond motifs is 1. The van der Waals surface area contributed by atoms with Crippen molar-refractivity contribution in [1.82, 2.24) is 10.2 Å². The summed E-state index contributed by atoms with van der Waals surface area (Å²) in [4.78, 5) is 28.8. The summed E-state index contributed by atoms with van der Waals surface area (Å²) in [5.41, 5.74) is 3.68. The van der Waals surface area contributed by atoms with E-state index in [9.17, 15) is 14.0 Å². The van der Waals surface area contributed by atoms with Crippen LogP contribution >= 0.6 is 0 Å². The van der Waals surface area contributed by atoms with E-state index in [2.05, 4.69) is 10.2 Å². The zero-order chi connectivity index (χ0) is 19.7. The van der Waals surface area contributed by atoms with Gasteiger partial charge in [0.1, 0.15) is 5.82 Å². The van der Waals surface area contributed by atoms with Crippen molar-refractivity contribution in [2.75, 3.05) is 36.0 Å². The van der Waals surface area contributed by atoms with Gasteiger partial charge in [-0.25, -0.2) is 14.0 Å². The van der Waals surface area contributed by atoms with Crippen LogP contribution in [-0.2, 0) is 13.1 Å². The van der Waals surface area contributed by atoms with E-state index < -0.39 is 6.09 Å². The summed E-state index contributed by atoms with van der Waals surface area (Å²) in [6.45, 7) is 2.87. The molecule has 0 unspecified atom stereocenters. The van der Waals surface area contributed by atoms with Gasteiger partial charge in [0.2, 0.25) is 0 Å². The second kappa shape index (κ2) is 7.38. The monoisotopic (exact) mass is 384 g/mol. The van der Waals surface area contributed by atoms with Crippen LogP contribution in [0.5, 0.6) is 0 Å². The van der Waals surface area contributed by atoms with E-state index in [1.807, 2.05) is 18.2 Å². The first kappa shape index (κ1) is 18.1. The molecule has 2 aliphatic rings. The number of nitrogens with zero attached hydrogens (tertiary/aromatic N) is 3. The van der Waals surface area contributed by atoms with E-state index >= 15 is 0 Å². The number of benzene rings is 2. The van der Waals surface area contributed by atoms with Gasteiger partial charge in [-0.1, -0.05) is 18.2 Å². The average molecular weight is 384 g/mol. The van der Waals surface area contributed by atoms with Gasteiger partial charge in [-0.3, -0.25) is 4.90 Å². The van der Waals surface area contributed by atoms with Gasteiger partial charge < -0.3 is 20.2 Å². The number of carbonyl (C=O) groups is 2. The number of nitrogens with one attached hydrogen (secondary N) is 1. The molecule has 1 fully saturated rings. The summed E-state index contributed by atoms with van der Waals surface area (Å²) >= 11 is 0. The van der Waals surface area contributed by atoms with E-state index in [4.69, 9.17) is 5.11 Å². The van der Waals surface area contributed by atoms with E-state index in [-0.39, 0.29) is 11.8 Å². The molecular formula is C20H21FN4O3. The van der Waals surface area contributed by atoms with Crippen molar-refractivity contribution in [1.29, 1.82) is 0 Å². The van der Waals surface area contributed by atoms with E-state index in [0.717, 1.165) is 22.5 Å². The molecule has 7 nitrogen and oxygen atoms in total. The average Bonchev–Trinajstić information content (AvgIpc) is 2.71. The Balaban J connectivity index is 1.60. The lowest BCUT2D eigenvalue weighted by Gasteiger charge is -2.38. The number of carboxylic acid groups (broad SMARTS) is 1. The maximum absolute atomic E-state index is 13.2. The molecule has 28 heavy (non-hydrogen) atoms. The van der Waals surface area contributed by atoms with Crippen LogP contribution in [0.2, 0.25) is 0 Å². The molecule has 0 saturated carbocycles. The Kier molecular flexibility index (Phi) is 4.77. The quantitative estimate of drug-likeness (QED) is 0.853. The smallest absolute Gasteiger partial charge is 0.407 e. The van der Waals surface area contributed by atoms with Crippen molar-refractivity contribution >= 4 is 23.5 Å². The number of halogens is 1. The fourth-order valence-electron chi connectivity index (χ4n) is 3.73. The Bertz CT molecular complexity index is 895. The lowest BCUT2D eigenvalue weighted by Crippen LogP contribution is -2.49. The van der Waals surface area contributed by atoms with Crippen LogP contribution in [0.1, 0.15) is 11.1 Å². The molecule has 0 bridgehead atoms. The summed E-state index contributed by atoms with van der Waals surface area (Å²) in [6.07, 6.45) is -0.896. The molecule has 1 saturated heterocycles. The highest BCUT2D eigenvalue weighted by Gasteiger charge is 2.29. The standard InChI is InChI=1S/C20H21FN4O3/c21-15-6-4-14(5-7-15)13-25-18-3-1-2-17(16(18)12-22-19(25)26)23-8-10-24(11-9-23)20(27)28/h1-7H,8-13H2,(H,22,26)(H,27,28). The minimum atomic E-state index is -0.896. The molecule has 2 aromatic carbocycles. The van der Waals surface area contributed by atoms with Gasteiger partial charge in [-0.2, -0.15) is 0 Å². The first-order chi connectivity index (χ1) is 13.5. The molecule has 0 aliphatic carbocycles. The molecule has 8 heteroatoms. The SMILES string of the molecule is O=C(O)N1CCN(c2cccc3c2CNC(=O)N3Cc2ccc(F)cc2)CC1. The minimum absolute atomic E-state index is 0.190. The maximum Gasteiger partial charge on any atom is 0.407 e. The van der Waals surface area contributed by atoms with Crippen molar-refractivity contribution in [2.24, 2.45) is 0 Å². The molecular weight excluding hydrogens is 363 g/mol. The predicted molar refractivity (Wildman–Crippen MR) is 103 cm³/mol. The van der Waals surface area contributed by atoms with Gasteiger partial charge in [0.15, 0.2) is 0 Å². The molecule has 2 aromatic rings. The van der Waals surface area contributed by atoms with E-state index in [1.165, 1.54) is 17.0 Å². The van der Waals surface area contributed by atoms with Crippen molar-refractivity contribution in [3.8, 4) is 0 Å². The number of urea groups is 1. The number of hydrogen-bond donors (Lipinski definition) is 2. The van der Waals surface area contributed by atoms with Crippen molar-refractivity contribution in [3.63, 3.8) is 0 Å². The lowest BCUT2D eigenvalue weighted by atomic mass is 10.0. The topological polar surface area (TPSA) is 76.1 Å². The minimum Gasteiger partial charge on any atom is -0.465 e. The molecule has 0 aromatic heterocycles. The molecule has 2 aliphatic heterocycles. The Morgan fingerprint density at radius 2 is 1.71 bits per heavy atom. The summed E-state index contributed by atoms with van der Waals surface area (Å²) in [5, 5.41) is 12.0. The Morgan fingerprint density at radius 1 is 1.04 bits per heavy atom. The highest BCUT2D eigenvalue weighted by atomic mass is 19.1. The number of piperazine rings is 1. The van der Waals surface area contributed by atoms with E-state index in [0.29, 0.717) is 39.3 Å². The molecule has 0 atom stereocenters. The third-order valence-electron chi connectivity index (χ3n) is 5.22. The molecule has 0 spiro atoms. The number of rotatable bonds is 3. The van der Waals surface area contributed by atoms with Crippen LogP contribution in [0.25, 0.3) is 0 Å². The molecule has 3 amide bonds. The Morgan fingerprint density at radius 3 is 2.39 bits per heavy atom. The van der Waals surface area contributed by atoms with Crippen LogP contribution in [0.3, 0.4) is 0 Å². The van der Waals surface area contributed by atoms with Crippen molar-refractivity contribution < 1.29 is 19.1 Å². The highest BCUT2D eigenvalue weighted by molar-refractivity contribution is 5.96. The molecule has 2 heterocycles. The normalized spacial score (nSPS) is 16.6. The molecule has 2 N–H and O–H groups in total. The Hall–Kier alpha value is -3.29. The van der Waals surface area contributed by atoms with Gasteiger partial charge in [-0.15, -0.1) is 0 Å². The van der Waals surface area contributed by atoms with Crippen molar-refractivity contribution in [3.05, 3.63) is 59.4 Å². The van der Waals surface area contributed by atoms with E-state index in [1.54, 1.807) is 17.0 Å². The second-order valence-electron chi connectivity index (χ2n) is 6.90. The Labute approximate surface area is 162 Å². The second-order valence-corrected chi connectivity index (χ2v) is 6.90. The number of carbonyl (C=O) groups excluding carboxylic acids is 1. The molecule has 4 rings (SSSR count). The van der Waals surface area contributed by atoms with Gasteiger partial charge in [0.05, 0.1) is 12.2 Å². The predicted octanol–water partition coefficient (Wildman–Crippen LogP) is 2.86. The summed E-state index contributed by atoms with van der Waals surface area (Å²) in [5.74, 6) is -0.310. The number of hydrogen-bond acceptors (Lipinski definition) is 3. The van der Waals surface area contributed by atoms with Crippen LogP contribution in [-0.4, -0.2) is 48.3 Å².